The molecule has 0 aromatic heterocycles. The van der Waals surface area contributed by atoms with Crippen molar-refractivity contribution in [1.29, 1.82) is 0 Å². The number of carbonyl (C=O) groups excluding carboxylic acids is 1. The molecule has 22 heavy (non-hydrogen) atoms. The zero-order valence-corrected chi connectivity index (χ0v) is 13.3. The van der Waals surface area contributed by atoms with Gasteiger partial charge < -0.3 is 15.6 Å². The lowest BCUT2D eigenvalue weighted by molar-refractivity contribution is -0.127. The molecule has 7 heteroatoms. The van der Waals surface area contributed by atoms with Crippen molar-refractivity contribution >= 4 is 28.9 Å². The van der Waals surface area contributed by atoms with Crippen molar-refractivity contribution in [3.8, 4) is 0 Å². The van der Waals surface area contributed by atoms with Crippen molar-refractivity contribution in [2.75, 3.05) is 37.1 Å². The summed E-state index contributed by atoms with van der Waals surface area (Å²) in [6.07, 6.45) is 1.69. The van der Waals surface area contributed by atoms with Crippen molar-refractivity contribution in [2.45, 2.75) is 24.9 Å². The largest absolute Gasteiger partial charge is 0.371 e. The first kappa shape index (κ1) is 14.1. The number of hydrogen-bond acceptors (Lipinski definition) is 5. The molecule has 0 bridgehead atoms. The molecule has 1 aromatic rings. The van der Waals surface area contributed by atoms with Gasteiger partial charge in [0, 0.05) is 35.9 Å². The molecule has 3 aliphatic heterocycles. The molecular formula is C15H20ClN5O. The molecule has 2 fully saturated rings. The van der Waals surface area contributed by atoms with Crippen LogP contribution in [0.25, 0.3) is 0 Å². The molecule has 3 heterocycles. The van der Waals surface area contributed by atoms with Gasteiger partial charge in [0.25, 0.3) is 0 Å². The van der Waals surface area contributed by atoms with Gasteiger partial charge in [0.05, 0.1) is 12.4 Å². The summed E-state index contributed by atoms with van der Waals surface area (Å²) < 4.78 is 0. The van der Waals surface area contributed by atoms with Gasteiger partial charge >= 0.3 is 0 Å². The standard InChI is InChI=1S/C15H20ClN5O/c1-20-9-17-14(22)15(20)2-4-21(5-3-15)13-7-10(16)6-12-11(13)8-18-19-12/h6-7,18-19H,2-5,8-9H2,1H3,(H,17,22). The van der Waals surface area contributed by atoms with Crippen molar-refractivity contribution in [3.05, 3.63) is 22.7 Å². The summed E-state index contributed by atoms with van der Waals surface area (Å²) in [6, 6.07) is 3.98. The van der Waals surface area contributed by atoms with Crippen LogP contribution >= 0.6 is 11.6 Å². The maximum Gasteiger partial charge on any atom is 0.241 e. The monoisotopic (exact) mass is 321 g/mol. The molecule has 1 amide bonds. The molecule has 4 rings (SSSR count). The number of anilines is 2. The summed E-state index contributed by atoms with van der Waals surface area (Å²) in [4.78, 5) is 16.7. The van der Waals surface area contributed by atoms with Gasteiger partial charge in [-0.15, -0.1) is 0 Å². The zero-order chi connectivity index (χ0) is 15.3. The lowest BCUT2D eigenvalue weighted by Crippen LogP contribution is -2.55. The number of rotatable bonds is 1. The van der Waals surface area contributed by atoms with E-state index in [0.717, 1.165) is 43.2 Å². The number of fused-ring (bicyclic) bond motifs is 1. The third-order valence-electron chi connectivity index (χ3n) is 5.24. The summed E-state index contributed by atoms with van der Waals surface area (Å²) in [5.74, 6) is 0.175. The van der Waals surface area contributed by atoms with Crippen LogP contribution in [0.15, 0.2) is 12.1 Å². The number of likely N-dealkylation sites (N-methyl/N-ethyl adjacent to an activating group) is 1. The second-order valence-corrected chi connectivity index (χ2v) is 6.75. The number of piperidine rings is 1. The lowest BCUT2D eigenvalue weighted by Gasteiger charge is -2.42. The van der Waals surface area contributed by atoms with Gasteiger partial charge in [0.1, 0.15) is 5.54 Å². The molecule has 0 atom stereocenters. The van der Waals surface area contributed by atoms with E-state index in [4.69, 9.17) is 11.6 Å². The van der Waals surface area contributed by atoms with Crippen LogP contribution in [0.4, 0.5) is 11.4 Å². The fourth-order valence-electron chi connectivity index (χ4n) is 3.84. The Labute approximate surface area is 134 Å². The molecule has 0 aliphatic carbocycles. The van der Waals surface area contributed by atoms with Crippen LogP contribution in [0.3, 0.4) is 0 Å². The highest BCUT2D eigenvalue weighted by molar-refractivity contribution is 6.31. The molecule has 0 saturated carbocycles. The summed E-state index contributed by atoms with van der Waals surface area (Å²) in [5.41, 5.74) is 9.46. The summed E-state index contributed by atoms with van der Waals surface area (Å²) in [7, 11) is 2.03. The van der Waals surface area contributed by atoms with E-state index in [1.807, 2.05) is 19.2 Å². The zero-order valence-electron chi connectivity index (χ0n) is 12.6. The van der Waals surface area contributed by atoms with Crippen molar-refractivity contribution in [3.63, 3.8) is 0 Å². The molecule has 2 saturated heterocycles. The minimum atomic E-state index is -0.325. The Morgan fingerprint density at radius 2 is 2.05 bits per heavy atom. The Hall–Kier alpha value is -1.50. The number of hydrazine groups is 1. The minimum Gasteiger partial charge on any atom is -0.371 e. The predicted octanol–water partition coefficient (Wildman–Crippen LogP) is 1.13. The van der Waals surface area contributed by atoms with Crippen molar-refractivity contribution in [1.82, 2.24) is 15.6 Å². The van der Waals surface area contributed by atoms with Crippen LogP contribution in [0, 0.1) is 0 Å². The van der Waals surface area contributed by atoms with Gasteiger partial charge in [-0.2, -0.15) is 0 Å². The summed E-state index contributed by atoms with van der Waals surface area (Å²) in [5, 5.41) is 3.70. The number of amides is 1. The highest BCUT2D eigenvalue weighted by Crippen LogP contribution is 2.38. The van der Waals surface area contributed by atoms with Crippen LogP contribution in [-0.2, 0) is 11.3 Å². The number of nitrogens with zero attached hydrogens (tertiary/aromatic N) is 2. The number of halogens is 1. The molecule has 6 nitrogen and oxygen atoms in total. The van der Waals surface area contributed by atoms with E-state index >= 15 is 0 Å². The van der Waals surface area contributed by atoms with Crippen LogP contribution in [0.1, 0.15) is 18.4 Å². The molecule has 1 aromatic carbocycles. The number of hydrogen-bond donors (Lipinski definition) is 3. The van der Waals surface area contributed by atoms with Crippen molar-refractivity contribution < 1.29 is 4.79 Å². The Morgan fingerprint density at radius 1 is 1.27 bits per heavy atom. The van der Waals surface area contributed by atoms with Gasteiger partial charge in [0.15, 0.2) is 0 Å². The molecule has 118 valence electrons. The highest BCUT2D eigenvalue weighted by Gasteiger charge is 2.48. The minimum absolute atomic E-state index is 0.175. The highest BCUT2D eigenvalue weighted by atomic mass is 35.5. The van der Waals surface area contributed by atoms with Crippen LogP contribution in [0.2, 0.25) is 5.02 Å². The van der Waals surface area contributed by atoms with E-state index in [9.17, 15) is 4.79 Å². The second kappa shape index (κ2) is 5.01. The fraction of sp³-hybridized carbons (Fsp3) is 0.533. The van der Waals surface area contributed by atoms with Gasteiger partial charge in [-0.3, -0.25) is 9.69 Å². The van der Waals surface area contributed by atoms with Gasteiger partial charge in [-0.25, -0.2) is 5.43 Å². The van der Waals surface area contributed by atoms with Crippen LogP contribution in [0.5, 0.6) is 0 Å². The van der Waals surface area contributed by atoms with Gasteiger partial charge in [-0.05, 0) is 32.0 Å². The Kier molecular flexibility index (Phi) is 3.21. The molecule has 0 radical (unpaired) electrons. The van der Waals surface area contributed by atoms with Crippen LogP contribution < -0.4 is 21.1 Å². The number of benzene rings is 1. The quantitative estimate of drug-likeness (QED) is 0.724. The smallest absolute Gasteiger partial charge is 0.241 e. The molecular weight excluding hydrogens is 302 g/mol. The lowest BCUT2D eigenvalue weighted by atomic mass is 9.86. The van der Waals surface area contributed by atoms with E-state index in [-0.39, 0.29) is 11.4 Å². The Morgan fingerprint density at radius 3 is 2.73 bits per heavy atom. The molecule has 3 aliphatic rings. The third kappa shape index (κ3) is 1.98. The average Bonchev–Trinajstić information content (AvgIpc) is 3.08. The first-order valence-electron chi connectivity index (χ1n) is 7.66. The first-order valence-corrected chi connectivity index (χ1v) is 8.04. The van der Waals surface area contributed by atoms with E-state index in [2.05, 4.69) is 26.0 Å². The SMILES string of the molecule is CN1CNC(=O)C12CCN(c1cc(Cl)cc3c1CNN3)CC2. The predicted molar refractivity (Wildman–Crippen MR) is 86.9 cm³/mol. The van der Waals surface area contributed by atoms with Crippen molar-refractivity contribution in [2.24, 2.45) is 0 Å². The van der Waals surface area contributed by atoms with Crippen LogP contribution in [-0.4, -0.2) is 43.2 Å². The van der Waals surface area contributed by atoms with E-state index in [1.54, 1.807) is 0 Å². The maximum atomic E-state index is 12.2. The number of carbonyl (C=O) groups is 1. The summed E-state index contributed by atoms with van der Waals surface area (Å²) >= 11 is 6.25. The Bertz CT molecular complexity index is 627. The first-order chi connectivity index (χ1) is 10.6. The Balaban J connectivity index is 1.59. The van der Waals surface area contributed by atoms with E-state index < -0.39 is 0 Å². The molecule has 0 unspecified atom stereocenters. The molecule has 1 spiro atoms. The van der Waals surface area contributed by atoms with E-state index in [1.165, 1.54) is 11.3 Å². The second-order valence-electron chi connectivity index (χ2n) is 6.31. The number of nitrogens with one attached hydrogen (secondary N) is 3. The summed E-state index contributed by atoms with van der Waals surface area (Å²) in [6.45, 7) is 3.18. The normalized spacial score (nSPS) is 23.5. The van der Waals surface area contributed by atoms with Gasteiger partial charge in [0.2, 0.25) is 5.91 Å². The third-order valence-corrected chi connectivity index (χ3v) is 5.46. The topological polar surface area (TPSA) is 59.6 Å². The average molecular weight is 322 g/mol. The maximum absolute atomic E-state index is 12.2. The molecule has 3 N–H and O–H groups in total. The van der Waals surface area contributed by atoms with Gasteiger partial charge in [-0.1, -0.05) is 11.6 Å². The van der Waals surface area contributed by atoms with E-state index in [0.29, 0.717) is 6.67 Å². The fourth-order valence-corrected chi connectivity index (χ4v) is 4.05.